The van der Waals surface area contributed by atoms with E-state index in [1.807, 2.05) is 48.5 Å². The Bertz CT molecular complexity index is 966. The molecule has 7 heteroatoms. The number of nitrogens with one attached hydrogen (secondary N) is 2. The summed E-state index contributed by atoms with van der Waals surface area (Å²) in [6.07, 6.45) is 1.82. The minimum Gasteiger partial charge on any atom is -0.356 e. The number of imidazole rings is 1. The summed E-state index contributed by atoms with van der Waals surface area (Å²) in [4.78, 5) is 34.3. The van der Waals surface area contributed by atoms with Crippen molar-refractivity contribution < 1.29 is 9.59 Å². The van der Waals surface area contributed by atoms with E-state index in [-0.39, 0.29) is 24.2 Å². The zero-order chi connectivity index (χ0) is 19.5. The summed E-state index contributed by atoms with van der Waals surface area (Å²) in [5, 5.41) is 2.96. The molecule has 1 aromatic heterocycles. The van der Waals surface area contributed by atoms with Crippen LogP contribution >= 0.6 is 15.9 Å². The van der Waals surface area contributed by atoms with E-state index in [1.54, 1.807) is 4.90 Å². The Hall–Kier alpha value is -2.67. The molecular formula is C21H21BrN4O2. The molecule has 1 aliphatic heterocycles. The molecule has 2 aromatic carbocycles. The second-order valence-corrected chi connectivity index (χ2v) is 7.89. The van der Waals surface area contributed by atoms with E-state index < -0.39 is 0 Å². The van der Waals surface area contributed by atoms with E-state index in [9.17, 15) is 9.59 Å². The minimum atomic E-state index is -0.303. The van der Waals surface area contributed by atoms with Gasteiger partial charge in [-0.1, -0.05) is 28.1 Å². The second-order valence-electron chi connectivity index (χ2n) is 6.98. The first-order valence-corrected chi connectivity index (χ1v) is 10.2. The molecule has 1 aliphatic rings. The third-order valence-corrected chi connectivity index (χ3v) is 5.49. The molecule has 0 aliphatic carbocycles. The largest absolute Gasteiger partial charge is 0.356 e. The number of carbonyl (C=O) groups excluding carboxylic acids is 2. The van der Waals surface area contributed by atoms with Crippen LogP contribution in [0.25, 0.3) is 11.0 Å². The number of amides is 2. The first kappa shape index (κ1) is 18.7. The molecule has 0 bridgehead atoms. The van der Waals surface area contributed by atoms with Crippen molar-refractivity contribution >= 4 is 44.5 Å². The van der Waals surface area contributed by atoms with Crippen molar-refractivity contribution in [3.8, 4) is 0 Å². The highest BCUT2D eigenvalue weighted by molar-refractivity contribution is 9.10. The molecular weight excluding hydrogens is 420 g/mol. The lowest BCUT2D eigenvalue weighted by Gasteiger charge is -2.16. The first-order valence-electron chi connectivity index (χ1n) is 9.37. The highest BCUT2D eigenvalue weighted by Crippen LogP contribution is 2.26. The standard InChI is InChI=1S/C21H21BrN4O2/c22-15-7-9-16(10-8-15)26-13-14(12-20(26)27)21(28)23-11-3-6-19-24-17-4-1-2-5-18(17)25-19/h1-2,4-5,7-10,14H,3,6,11-13H2,(H,23,28)(H,24,25). The summed E-state index contributed by atoms with van der Waals surface area (Å²) in [7, 11) is 0. The van der Waals surface area contributed by atoms with Gasteiger partial charge in [0.2, 0.25) is 11.8 Å². The van der Waals surface area contributed by atoms with Gasteiger partial charge in [0.25, 0.3) is 0 Å². The lowest BCUT2D eigenvalue weighted by Crippen LogP contribution is -2.33. The van der Waals surface area contributed by atoms with Crippen LogP contribution in [0, 0.1) is 5.92 Å². The van der Waals surface area contributed by atoms with Crippen molar-refractivity contribution in [1.29, 1.82) is 0 Å². The van der Waals surface area contributed by atoms with Gasteiger partial charge in [0.05, 0.1) is 17.0 Å². The number of aromatic amines is 1. The molecule has 28 heavy (non-hydrogen) atoms. The third-order valence-electron chi connectivity index (χ3n) is 4.96. The number of fused-ring (bicyclic) bond motifs is 1. The van der Waals surface area contributed by atoms with Crippen LogP contribution in [0.5, 0.6) is 0 Å². The van der Waals surface area contributed by atoms with Gasteiger partial charge in [-0.3, -0.25) is 9.59 Å². The van der Waals surface area contributed by atoms with Crippen LogP contribution in [0.4, 0.5) is 5.69 Å². The van der Waals surface area contributed by atoms with Gasteiger partial charge in [0.1, 0.15) is 5.82 Å². The van der Waals surface area contributed by atoms with Gasteiger partial charge in [-0.05, 0) is 42.8 Å². The molecule has 1 fully saturated rings. The molecule has 144 valence electrons. The van der Waals surface area contributed by atoms with Crippen LogP contribution in [0.15, 0.2) is 53.0 Å². The molecule has 0 spiro atoms. The molecule has 4 rings (SSSR count). The number of aromatic nitrogens is 2. The van der Waals surface area contributed by atoms with Crippen LogP contribution < -0.4 is 10.2 Å². The smallest absolute Gasteiger partial charge is 0.227 e. The number of benzene rings is 2. The number of aryl methyl sites for hydroxylation is 1. The Morgan fingerprint density at radius 3 is 2.79 bits per heavy atom. The van der Waals surface area contributed by atoms with Crippen LogP contribution in [0.1, 0.15) is 18.7 Å². The second kappa shape index (κ2) is 8.14. The van der Waals surface area contributed by atoms with Gasteiger partial charge in [0.15, 0.2) is 0 Å². The van der Waals surface area contributed by atoms with E-state index in [2.05, 4.69) is 31.2 Å². The molecule has 0 saturated carbocycles. The fourth-order valence-corrected chi connectivity index (χ4v) is 3.75. The first-order chi connectivity index (χ1) is 13.6. The molecule has 2 amide bonds. The predicted octanol–water partition coefficient (Wildman–Crippen LogP) is 3.43. The molecule has 0 radical (unpaired) electrons. The number of anilines is 1. The molecule has 3 aromatic rings. The van der Waals surface area contributed by atoms with Crippen molar-refractivity contribution in [2.24, 2.45) is 5.92 Å². The van der Waals surface area contributed by atoms with Gasteiger partial charge in [0, 0.05) is 36.1 Å². The van der Waals surface area contributed by atoms with E-state index in [1.165, 1.54) is 0 Å². The summed E-state index contributed by atoms with van der Waals surface area (Å²) < 4.78 is 0.960. The highest BCUT2D eigenvalue weighted by atomic mass is 79.9. The maximum absolute atomic E-state index is 12.5. The average Bonchev–Trinajstić information content (AvgIpc) is 3.29. The maximum Gasteiger partial charge on any atom is 0.227 e. The molecule has 2 N–H and O–H groups in total. The number of para-hydroxylation sites is 2. The number of hydrogen-bond acceptors (Lipinski definition) is 3. The van der Waals surface area contributed by atoms with Gasteiger partial charge in [-0.15, -0.1) is 0 Å². The lowest BCUT2D eigenvalue weighted by atomic mass is 10.1. The maximum atomic E-state index is 12.5. The van der Waals surface area contributed by atoms with Gasteiger partial charge < -0.3 is 15.2 Å². The van der Waals surface area contributed by atoms with Gasteiger partial charge >= 0.3 is 0 Å². The van der Waals surface area contributed by atoms with Crippen LogP contribution in [0.2, 0.25) is 0 Å². The van der Waals surface area contributed by atoms with Gasteiger partial charge in [-0.25, -0.2) is 4.98 Å². The Labute approximate surface area is 171 Å². The molecule has 1 unspecified atom stereocenters. The summed E-state index contributed by atoms with van der Waals surface area (Å²) in [6.45, 7) is 0.995. The molecule has 1 atom stereocenters. The Morgan fingerprint density at radius 1 is 1.21 bits per heavy atom. The van der Waals surface area contributed by atoms with Crippen LogP contribution in [0.3, 0.4) is 0 Å². The van der Waals surface area contributed by atoms with Crippen LogP contribution in [-0.2, 0) is 16.0 Å². The summed E-state index contributed by atoms with van der Waals surface area (Å²) in [5.74, 6) is 0.553. The van der Waals surface area contributed by atoms with Crippen molar-refractivity contribution in [1.82, 2.24) is 15.3 Å². The number of halogens is 1. The fraction of sp³-hybridized carbons (Fsp3) is 0.286. The predicted molar refractivity (Wildman–Crippen MR) is 112 cm³/mol. The molecule has 6 nitrogen and oxygen atoms in total. The van der Waals surface area contributed by atoms with E-state index >= 15 is 0 Å². The summed E-state index contributed by atoms with van der Waals surface area (Å²) in [6, 6.07) is 15.5. The molecule has 1 saturated heterocycles. The molecule has 2 heterocycles. The SMILES string of the molecule is O=C(NCCCc1nc2ccccc2[nH]1)C1CC(=O)N(c2ccc(Br)cc2)C1. The quantitative estimate of drug-likeness (QED) is 0.576. The lowest BCUT2D eigenvalue weighted by molar-refractivity contribution is -0.126. The van der Waals surface area contributed by atoms with Crippen molar-refractivity contribution in [2.75, 3.05) is 18.0 Å². The number of nitrogens with zero attached hydrogens (tertiary/aromatic N) is 2. The van der Waals surface area contributed by atoms with E-state index in [4.69, 9.17) is 0 Å². The highest BCUT2D eigenvalue weighted by Gasteiger charge is 2.34. The number of H-pyrrole nitrogens is 1. The third kappa shape index (κ3) is 4.09. The van der Waals surface area contributed by atoms with Crippen LogP contribution in [-0.4, -0.2) is 34.9 Å². The van der Waals surface area contributed by atoms with Crippen molar-refractivity contribution in [3.05, 3.63) is 58.8 Å². The zero-order valence-electron chi connectivity index (χ0n) is 15.3. The Balaban J connectivity index is 1.26. The number of rotatable bonds is 6. The Morgan fingerprint density at radius 2 is 2.00 bits per heavy atom. The number of carbonyl (C=O) groups is 2. The van der Waals surface area contributed by atoms with Crippen molar-refractivity contribution in [2.45, 2.75) is 19.3 Å². The van der Waals surface area contributed by atoms with Gasteiger partial charge in [-0.2, -0.15) is 0 Å². The average molecular weight is 441 g/mol. The monoisotopic (exact) mass is 440 g/mol. The van der Waals surface area contributed by atoms with Crippen molar-refractivity contribution in [3.63, 3.8) is 0 Å². The Kier molecular flexibility index (Phi) is 5.43. The normalized spacial score (nSPS) is 16.7. The topological polar surface area (TPSA) is 78.1 Å². The summed E-state index contributed by atoms with van der Waals surface area (Å²) in [5.41, 5.74) is 2.81. The van der Waals surface area contributed by atoms with E-state index in [0.717, 1.165) is 39.9 Å². The van der Waals surface area contributed by atoms with E-state index in [0.29, 0.717) is 13.1 Å². The number of hydrogen-bond donors (Lipinski definition) is 2. The fourth-order valence-electron chi connectivity index (χ4n) is 3.49. The summed E-state index contributed by atoms with van der Waals surface area (Å²) >= 11 is 3.39. The minimum absolute atomic E-state index is 0.00949. The zero-order valence-corrected chi connectivity index (χ0v) is 16.9.